The third-order valence-electron chi connectivity index (χ3n) is 3.06. The highest BCUT2D eigenvalue weighted by Crippen LogP contribution is 2.28. The SMILES string of the molecule is CC(c1cccs1)N(C)S(=O)(=O)c1ccnc(NN)c1. The number of thiophene rings is 1. The monoisotopic (exact) mass is 312 g/mol. The molecule has 2 rings (SSSR count). The van der Waals surface area contributed by atoms with Gasteiger partial charge in [-0.3, -0.25) is 0 Å². The Morgan fingerprint density at radius 3 is 2.80 bits per heavy atom. The lowest BCUT2D eigenvalue weighted by molar-refractivity contribution is 0.403. The molecule has 8 heteroatoms. The average Bonchev–Trinajstić information content (AvgIpc) is 3.00. The van der Waals surface area contributed by atoms with Crippen molar-refractivity contribution in [3.05, 3.63) is 40.7 Å². The van der Waals surface area contributed by atoms with Crippen molar-refractivity contribution in [2.24, 2.45) is 5.84 Å². The van der Waals surface area contributed by atoms with Crippen molar-refractivity contribution in [3.8, 4) is 0 Å². The van der Waals surface area contributed by atoms with E-state index >= 15 is 0 Å². The summed E-state index contributed by atoms with van der Waals surface area (Å²) in [5.74, 6) is 5.56. The van der Waals surface area contributed by atoms with E-state index < -0.39 is 10.0 Å². The first-order valence-corrected chi connectivity index (χ1v) is 8.23. The first-order valence-electron chi connectivity index (χ1n) is 5.91. The first-order chi connectivity index (χ1) is 9.46. The number of hydrazine groups is 1. The number of sulfonamides is 1. The summed E-state index contributed by atoms with van der Waals surface area (Å²) in [7, 11) is -2.03. The third kappa shape index (κ3) is 2.83. The smallest absolute Gasteiger partial charge is 0.243 e. The van der Waals surface area contributed by atoms with Gasteiger partial charge in [-0.1, -0.05) is 6.07 Å². The zero-order valence-corrected chi connectivity index (χ0v) is 12.8. The number of nitrogens with two attached hydrogens (primary N) is 1. The lowest BCUT2D eigenvalue weighted by atomic mass is 10.3. The van der Waals surface area contributed by atoms with E-state index in [0.29, 0.717) is 5.82 Å². The minimum atomic E-state index is -3.59. The Morgan fingerprint density at radius 1 is 1.45 bits per heavy atom. The number of nitrogen functional groups attached to an aromatic ring is 1. The highest BCUT2D eigenvalue weighted by Gasteiger charge is 2.27. The lowest BCUT2D eigenvalue weighted by Gasteiger charge is -2.23. The molecule has 0 amide bonds. The lowest BCUT2D eigenvalue weighted by Crippen LogP contribution is -2.29. The van der Waals surface area contributed by atoms with Gasteiger partial charge in [0.05, 0.1) is 10.9 Å². The van der Waals surface area contributed by atoms with Crippen LogP contribution in [0.25, 0.3) is 0 Å². The third-order valence-corrected chi connectivity index (χ3v) is 6.02. The van der Waals surface area contributed by atoms with Crippen LogP contribution in [-0.4, -0.2) is 24.8 Å². The van der Waals surface area contributed by atoms with E-state index in [1.165, 1.54) is 34.0 Å². The largest absolute Gasteiger partial charge is 0.308 e. The Labute approximate surface area is 122 Å². The van der Waals surface area contributed by atoms with Gasteiger partial charge in [0.2, 0.25) is 10.0 Å². The summed E-state index contributed by atoms with van der Waals surface area (Å²) in [6.07, 6.45) is 1.41. The van der Waals surface area contributed by atoms with Gasteiger partial charge in [0.1, 0.15) is 5.82 Å². The van der Waals surface area contributed by atoms with Gasteiger partial charge in [0.25, 0.3) is 0 Å². The number of nitrogens with one attached hydrogen (secondary N) is 1. The van der Waals surface area contributed by atoms with Crippen molar-refractivity contribution in [1.29, 1.82) is 0 Å². The molecule has 6 nitrogen and oxygen atoms in total. The molecule has 1 unspecified atom stereocenters. The number of pyridine rings is 1. The van der Waals surface area contributed by atoms with Crippen LogP contribution >= 0.6 is 11.3 Å². The summed E-state index contributed by atoms with van der Waals surface area (Å²) >= 11 is 1.53. The molecule has 0 spiro atoms. The Kier molecular flexibility index (Phi) is 4.39. The van der Waals surface area contributed by atoms with Crippen LogP contribution in [0, 0.1) is 0 Å². The fourth-order valence-corrected chi connectivity index (χ4v) is 3.98. The van der Waals surface area contributed by atoms with E-state index in [4.69, 9.17) is 5.84 Å². The van der Waals surface area contributed by atoms with Crippen molar-refractivity contribution in [1.82, 2.24) is 9.29 Å². The van der Waals surface area contributed by atoms with Crippen LogP contribution in [-0.2, 0) is 10.0 Å². The molecule has 0 aliphatic rings. The molecule has 2 heterocycles. The normalized spacial score (nSPS) is 13.4. The van der Waals surface area contributed by atoms with Crippen molar-refractivity contribution in [2.45, 2.75) is 17.9 Å². The number of anilines is 1. The van der Waals surface area contributed by atoms with E-state index in [1.54, 1.807) is 7.05 Å². The zero-order chi connectivity index (χ0) is 14.8. The highest BCUT2D eigenvalue weighted by molar-refractivity contribution is 7.89. The van der Waals surface area contributed by atoms with Gasteiger partial charge < -0.3 is 5.43 Å². The molecule has 0 saturated heterocycles. The summed E-state index contributed by atoms with van der Waals surface area (Å²) in [6, 6.07) is 6.45. The predicted molar refractivity (Wildman–Crippen MR) is 79.7 cm³/mol. The van der Waals surface area contributed by atoms with Crippen LogP contribution in [0.15, 0.2) is 40.7 Å². The zero-order valence-electron chi connectivity index (χ0n) is 11.1. The van der Waals surface area contributed by atoms with Gasteiger partial charge >= 0.3 is 0 Å². The summed E-state index contributed by atoms with van der Waals surface area (Å²) in [4.78, 5) is 5.06. The molecule has 2 aromatic rings. The molecule has 0 aromatic carbocycles. The second-order valence-electron chi connectivity index (χ2n) is 4.23. The van der Waals surface area contributed by atoms with E-state index in [2.05, 4.69) is 10.4 Å². The maximum absolute atomic E-state index is 12.6. The molecule has 0 aliphatic heterocycles. The van der Waals surface area contributed by atoms with Crippen molar-refractivity contribution in [2.75, 3.05) is 12.5 Å². The van der Waals surface area contributed by atoms with Crippen LogP contribution < -0.4 is 11.3 Å². The molecule has 0 bridgehead atoms. The molecule has 1 atom stereocenters. The van der Waals surface area contributed by atoms with Crippen LogP contribution in [0.4, 0.5) is 5.82 Å². The molecule has 0 aliphatic carbocycles. The summed E-state index contributed by atoms with van der Waals surface area (Å²) in [5.41, 5.74) is 2.34. The van der Waals surface area contributed by atoms with Crippen molar-refractivity contribution >= 4 is 27.2 Å². The maximum Gasteiger partial charge on any atom is 0.243 e. The van der Waals surface area contributed by atoms with Gasteiger partial charge in [-0.2, -0.15) is 4.31 Å². The molecule has 0 saturated carbocycles. The predicted octanol–water partition coefficient (Wildman–Crippen LogP) is 1.81. The molecule has 0 radical (unpaired) electrons. The van der Waals surface area contributed by atoms with Gasteiger partial charge in [-0.15, -0.1) is 11.3 Å². The maximum atomic E-state index is 12.6. The number of hydrogen-bond donors (Lipinski definition) is 2. The fourth-order valence-electron chi connectivity index (χ4n) is 1.73. The van der Waals surface area contributed by atoms with Gasteiger partial charge in [-0.25, -0.2) is 19.2 Å². The molecule has 2 aromatic heterocycles. The Hall–Kier alpha value is -1.48. The highest BCUT2D eigenvalue weighted by atomic mass is 32.2. The molecular formula is C12H16N4O2S2. The van der Waals surface area contributed by atoms with E-state index in [-0.39, 0.29) is 10.9 Å². The summed E-state index contributed by atoms with van der Waals surface area (Å²) < 4.78 is 26.5. The van der Waals surface area contributed by atoms with E-state index in [9.17, 15) is 8.42 Å². The summed E-state index contributed by atoms with van der Waals surface area (Å²) in [5, 5.41) is 1.93. The van der Waals surface area contributed by atoms with Crippen LogP contribution in [0.3, 0.4) is 0 Å². The first kappa shape index (κ1) is 14.9. The second-order valence-corrected chi connectivity index (χ2v) is 7.21. The molecule has 20 heavy (non-hydrogen) atoms. The van der Waals surface area contributed by atoms with Crippen molar-refractivity contribution < 1.29 is 8.42 Å². The van der Waals surface area contributed by atoms with Crippen LogP contribution in [0.5, 0.6) is 0 Å². The molecule has 108 valence electrons. The average molecular weight is 312 g/mol. The topological polar surface area (TPSA) is 88.3 Å². The number of nitrogens with zero attached hydrogens (tertiary/aromatic N) is 2. The standard InChI is InChI=1S/C12H16N4O2S2/c1-9(11-4-3-7-19-11)16(2)20(17,18)10-5-6-14-12(8-10)15-13/h3-9H,13H2,1-2H3,(H,14,15). The van der Waals surface area contributed by atoms with E-state index in [1.807, 2.05) is 24.4 Å². The minimum Gasteiger partial charge on any atom is -0.308 e. The Balaban J connectivity index is 2.34. The van der Waals surface area contributed by atoms with Gasteiger partial charge in [0, 0.05) is 24.2 Å². The quantitative estimate of drug-likeness (QED) is 0.649. The summed E-state index contributed by atoms with van der Waals surface area (Å²) in [6.45, 7) is 1.85. The fraction of sp³-hybridized carbons (Fsp3) is 0.250. The molecular weight excluding hydrogens is 296 g/mol. The Morgan fingerprint density at radius 2 is 2.20 bits per heavy atom. The number of hydrogen-bond acceptors (Lipinski definition) is 6. The van der Waals surface area contributed by atoms with Crippen LogP contribution in [0.1, 0.15) is 17.8 Å². The van der Waals surface area contributed by atoms with Crippen molar-refractivity contribution in [3.63, 3.8) is 0 Å². The number of aromatic nitrogens is 1. The van der Waals surface area contributed by atoms with Gasteiger partial charge in [-0.05, 0) is 24.4 Å². The van der Waals surface area contributed by atoms with E-state index in [0.717, 1.165) is 4.88 Å². The van der Waals surface area contributed by atoms with Gasteiger partial charge in [0.15, 0.2) is 0 Å². The second kappa shape index (κ2) is 5.88. The number of rotatable bonds is 5. The van der Waals surface area contributed by atoms with Crippen LogP contribution in [0.2, 0.25) is 0 Å². The molecule has 0 fully saturated rings. The minimum absolute atomic E-state index is 0.159. The molecule has 3 N–H and O–H groups in total. The Bertz CT molecular complexity index is 671.